The van der Waals surface area contributed by atoms with Crippen molar-refractivity contribution in [2.24, 2.45) is 5.92 Å². The summed E-state index contributed by atoms with van der Waals surface area (Å²) in [7, 11) is 0. The number of aromatic nitrogens is 1. The van der Waals surface area contributed by atoms with Crippen LogP contribution in [0.5, 0.6) is 0 Å². The van der Waals surface area contributed by atoms with Crippen molar-refractivity contribution in [2.75, 3.05) is 6.54 Å². The van der Waals surface area contributed by atoms with E-state index in [1.54, 1.807) is 11.8 Å². The molecular weight excluding hydrogens is 332 g/mol. The van der Waals surface area contributed by atoms with Gasteiger partial charge in [-0.05, 0) is 52.2 Å². The fraction of sp³-hybridized carbons (Fsp3) is 0.312. The van der Waals surface area contributed by atoms with E-state index in [4.69, 9.17) is 0 Å². The summed E-state index contributed by atoms with van der Waals surface area (Å²) in [5.74, 6) is 0.669. The maximum absolute atomic E-state index is 4.42. The average Bonchev–Trinajstić information content (AvgIpc) is 2.43. The van der Waals surface area contributed by atoms with Gasteiger partial charge in [-0.15, -0.1) is 0 Å². The third-order valence-electron chi connectivity index (χ3n) is 2.76. The van der Waals surface area contributed by atoms with Crippen molar-refractivity contribution in [3.8, 4) is 0 Å². The highest BCUT2D eigenvalue weighted by Gasteiger charge is 2.05. The largest absolute Gasteiger partial charge is 0.312 e. The molecule has 0 atom stereocenters. The number of rotatable bonds is 6. The molecule has 2 rings (SSSR count). The highest BCUT2D eigenvalue weighted by molar-refractivity contribution is 9.10. The lowest BCUT2D eigenvalue weighted by atomic mass is 10.2. The molecule has 0 fully saturated rings. The lowest BCUT2D eigenvalue weighted by Gasteiger charge is -2.11. The first-order chi connectivity index (χ1) is 9.65. The maximum Gasteiger partial charge on any atom is 0.101 e. The molecule has 1 aromatic carbocycles. The third kappa shape index (κ3) is 4.93. The fourth-order valence-corrected chi connectivity index (χ4v) is 2.90. The summed E-state index contributed by atoms with van der Waals surface area (Å²) in [6, 6.07) is 12.6. The SMILES string of the molecule is CC(C)CNCc1ccccc1Sc1ccc(Br)cn1. The predicted molar refractivity (Wildman–Crippen MR) is 89.0 cm³/mol. The molecule has 0 aliphatic carbocycles. The molecule has 0 saturated carbocycles. The Labute approximate surface area is 133 Å². The molecule has 0 radical (unpaired) electrons. The number of nitrogens with zero attached hydrogens (tertiary/aromatic N) is 1. The first-order valence-electron chi connectivity index (χ1n) is 6.73. The molecule has 1 heterocycles. The van der Waals surface area contributed by atoms with Crippen LogP contribution in [0.25, 0.3) is 0 Å². The summed E-state index contributed by atoms with van der Waals surface area (Å²) >= 11 is 5.12. The number of hydrogen-bond donors (Lipinski definition) is 1. The number of hydrogen-bond acceptors (Lipinski definition) is 3. The molecule has 0 bridgehead atoms. The van der Waals surface area contributed by atoms with Crippen LogP contribution in [0.2, 0.25) is 0 Å². The van der Waals surface area contributed by atoms with Gasteiger partial charge in [-0.1, -0.05) is 43.8 Å². The van der Waals surface area contributed by atoms with Gasteiger partial charge in [0.25, 0.3) is 0 Å². The maximum atomic E-state index is 4.42. The topological polar surface area (TPSA) is 24.9 Å². The minimum absolute atomic E-state index is 0.669. The van der Waals surface area contributed by atoms with Crippen molar-refractivity contribution in [2.45, 2.75) is 30.3 Å². The molecule has 1 N–H and O–H groups in total. The summed E-state index contributed by atoms with van der Waals surface area (Å²) in [6.07, 6.45) is 1.84. The van der Waals surface area contributed by atoms with Gasteiger partial charge in [-0.3, -0.25) is 0 Å². The van der Waals surface area contributed by atoms with E-state index in [9.17, 15) is 0 Å². The zero-order valence-corrected chi connectivity index (χ0v) is 14.2. The van der Waals surface area contributed by atoms with Crippen LogP contribution in [0.3, 0.4) is 0 Å². The second kappa shape index (κ2) is 7.81. The Morgan fingerprint density at radius 3 is 2.70 bits per heavy atom. The Balaban J connectivity index is 2.05. The first-order valence-corrected chi connectivity index (χ1v) is 8.34. The molecule has 0 spiro atoms. The molecular formula is C16H19BrN2S. The normalized spacial score (nSPS) is 11.0. The quantitative estimate of drug-likeness (QED) is 0.814. The molecule has 106 valence electrons. The van der Waals surface area contributed by atoms with Crippen LogP contribution in [-0.4, -0.2) is 11.5 Å². The smallest absolute Gasteiger partial charge is 0.101 e. The van der Waals surface area contributed by atoms with E-state index in [1.807, 2.05) is 18.3 Å². The summed E-state index contributed by atoms with van der Waals surface area (Å²) < 4.78 is 1.01. The summed E-state index contributed by atoms with van der Waals surface area (Å²) in [6.45, 7) is 6.38. The number of halogens is 1. The Hall–Kier alpha value is -0.840. The van der Waals surface area contributed by atoms with Gasteiger partial charge in [0.1, 0.15) is 5.03 Å². The van der Waals surface area contributed by atoms with Gasteiger partial charge in [0.2, 0.25) is 0 Å². The minimum Gasteiger partial charge on any atom is -0.312 e. The van der Waals surface area contributed by atoms with Gasteiger partial charge in [0, 0.05) is 22.1 Å². The summed E-state index contributed by atoms with van der Waals surface area (Å²) in [5.41, 5.74) is 1.32. The van der Waals surface area contributed by atoms with Gasteiger partial charge >= 0.3 is 0 Å². The highest BCUT2D eigenvalue weighted by Crippen LogP contribution is 2.29. The third-order valence-corrected chi connectivity index (χ3v) is 4.29. The van der Waals surface area contributed by atoms with Crippen LogP contribution in [0.1, 0.15) is 19.4 Å². The number of pyridine rings is 1. The molecule has 0 saturated heterocycles. The summed E-state index contributed by atoms with van der Waals surface area (Å²) in [5, 5.41) is 4.51. The molecule has 0 aliphatic heterocycles. The van der Waals surface area contributed by atoms with Crippen molar-refractivity contribution < 1.29 is 0 Å². The molecule has 1 aromatic heterocycles. The van der Waals surface area contributed by atoms with Crippen molar-refractivity contribution in [1.29, 1.82) is 0 Å². The number of benzene rings is 1. The highest BCUT2D eigenvalue weighted by atomic mass is 79.9. The van der Waals surface area contributed by atoms with Crippen molar-refractivity contribution in [1.82, 2.24) is 10.3 Å². The lowest BCUT2D eigenvalue weighted by Crippen LogP contribution is -2.19. The Morgan fingerprint density at radius 2 is 2.00 bits per heavy atom. The van der Waals surface area contributed by atoms with Gasteiger partial charge in [0.15, 0.2) is 0 Å². The van der Waals surface area contributed by atoms with E-state index in [0.717, 1.165) is 22.6 Å². The number of nitrogens with one attached hydrogen (secondary N) is 1. The predicted octanol–water partition coefficient (Wildman–Crippen LogP) is 4.74. The Kier molecular flexibility index (Phi) is 6.07. The standard InChI is InChI=1S/C16H19BrN2S/c1-12(2)9-18-10-13-5-3-4-6-15(13)20-16-8-7-14(17)11-19-16/h3-8,11-12,18H,9-10H2,1-2H3. The van der Waals surface area contributed by atoms with Gasteiger partial charge in [0.05, 0.1) is 0 Å². The molecule has 4 heteroatoms. The Bertz CT molecular complexity index is 540. The van der Waals surface area contributed by atoms with E-state index in [0.29, 0.717) is 5.92 Å². The van der Waals surface area contributed by atoms with Crippen LogP contribution >= 0.6 is 27.7 Å². The second-order valence-corrected chi connectivity index (χ2v) is 7.03. The lowest BCUT2D eigenvalue weighted by molar-refractivity contribution is 0.550. The van der Waals surface area contributed by atoms with Gasteiger partial charge < -0.3 is 5.32 Å². The van der Waals surface area contributed by atoms with Crippen molar-refractivity contribution in [3.05, 3.63) is 52.6 Å². The van der Waals surface area contributed by atoms with Crippen molar-refractivity contribution >= 4 is 27.7 Å². The molecule has 0 unspecified atom stereocenters. The summed E-state index contributed by atoms with van der Waals surface area (Å²) in [4.78, 5) is 5.68. The molecule has 0 aliphatic rings. The van der Waals surface area contributed by atoms with Crippen LogP contribution in [0, 0.1) is 5.92 Å². The molecule has 2 aromatic rings. The minimum atomic E-state index is 0.669. The fourth-order valence-electron chi connectivity index (χ4n) is 1.78. The van der Waals surface area contributed by atoms with Crippen LogP contribution in [-0.2, 0) is 6.54 Å². The van der Waals surface area contributed by atoms with Crippen LogP contribution in [0.15, 0.2) is 57.0 Å². The van der Waals surface area contributed by atoms with Crippen LogP contribution in [0.4, 0.5) is 0 Å². The van der Waals surface area contributed by atoms with E-state index < -0.39 is 0 Å². The average molecular weight is 351 g/mol. The molecule has 0 amide bonds. The molecule has 20 heavy (non-hydrogen) atoms. The zero-order valence-electron chi connectivity index (χ0n) is 11.8. The van der Waals surface area contributed by atoms with E-state index >= 15 is 0 Å². The second-order valence-electron chi connectivity index (χ2n) is 5.05. The Morgan fingerprint density at radius 1 is 1.20 bits per heavy atom. The zero-order chi connectivity index (χ0) is 14.4. The van der Waals surface area contributed by atoms with Crippen molar-refractivity contribution in [3.63, 3.8) is 0 Å². The monoisotopic (exact) mass is 350 g/mol. The first kappa shape index (κ1) is 15.5. The van der Waals surface area contributed by atoms with E-state index in [1.165, 1.54) is 10.5 Å². The van der Waals surface area contributed by atoms with E-state index in [2.05, 4.69) is 64.3 Å². The van der Waals surface area contributed by atoms with E-state index in [-0.39, 0.29) is 0 Å². The van der Waals surface area contributed by atoms with Gasteiger partial charge in [-0.2, -0.15) is 0 Å². The molecule has 2 nitrogen and oxygen atoms in total. The van der Waals surface area contributed by atoms with Crippen LogP contribution < -0.4 is 5.32 Å². The van der Waals surface area contributed by atoms with Gasteiger partial charge in [-0.25, -0.2) is 4.98 Å².